The lowest BCUT2D eigenvalue weighted by molar-refractivity contribution is -0.130. The van der Waals surface area contributed by atoms with Crippen molar-refractivity contribution in [3.05, 3.63) is 104 Å². The number of hydrogen-bond acceptors (Lipinski definition) is 0. The minimum absolute atomic E-state index is 0.0366. The van der Waals surface area contributed by atoms with Crippen LogP contribution >= 0.6 is 0 Å². The summed E-state index contributed by atoms with van der Waals surface area (Å²) in [6.45, 7) is 19.9. The molecule has 0 nitrogen and oxygen atoms in total. The van der Waals surface area contributed by atoms with Crippen molar-refractivity contribution < 1.29 is 0 Å². The summed E-state index contributed by atoms with van der Waals surface area (Å²) < 4.78 is 0. The summed E-state index contributed by atoms with van der Waals surface area (Å²) in [5.74, 6) is 4.62. The standard InChI is InChI=1S/C51H60/c1-28(2)42-45(33-15-11-9-12-16-33)51(46(42)34-17-13-10-14-18-34)41-22-21-36-38-27-35-20-19-29(3)24-37(35)47(38)50(7,8)49(36)44(41)40-26-32(6)43-31(5)23-30(4)25-39(43)48(40)51/h19-26,28,33-34,42,45-46H,9-18,27H2,1-8H3. The number of rotatable bonds is 3. The van der Waals surface area contributed by atoms with E-state index in [1.807, 2.05) is 0 Å². The third kappa shape index (κ3) is 4.15. The van der Waals surface area contributed by atoms with Gasteiger partial charge in [0.15, 0.2) is 0 Å². The van der Waals surface area contributed by atoms with Gasteiger partial charge in [0.05, 0.1) is 0 Å². The Labute approximate surface area is 308 Å². The zero-order valence-electron chi connectivity index (χ0n) is 32.9. The van der Waals surface area contributed by atoms with Crippen LogP contribution in [0, 0.1) is 63.2 Å². The van der Waals surface area contributed by atoms with Crippen LogP contribution in [0.25, 0.3) is 33.0 Å². The molecule has 0 N–H and O–H groups in total. The van der Waals surface area contributed by atoms with Crippen LogP contribution in [-0.4, -0.2) is 0 Å². The summed E-state index contributed by atoms with van der Waals surface area (Å²) in [5.41, 5.74) is 22.2. The maximum atomic E-state index is 2.75. The van der Waals surface area contributed by atoms with Crippen LogP contribution in [0.2, 0.25) is 0 Å². The van der Waals surface area contributed by atoms with Crippen molar-refractivity contribution >= 4 is 21.9 Å². The van der Waals surface area contributed by atoms with Crippen molar-refractivity contribution in [3.8, 4) is 11.1 Å². The van der Waals surface area contributed by atoms with E-state index in [4.69, 9.17) is 0 Å². The van der Waals surface area contributed by atoms with Gasteiger partial charge in [-0.3, -0.25) is 0 Å². The predicted molar refractivity (Wildman–Crippen MR) is 218 cm³/mol. The normalized spacial score (nSPS) is 27.9. The largest absolute Gasteiger partial charge is 0.0625 e. The van der Waals surface area contributed by atoms with Crippen molar-refractivity contribution in [2.75, 3.05) is 0 Å². The Balaban J connectivity index is 1.32. The first-order valence-electron chi connectivity index (χ1n) is 21.1. The van der Waals surface area contributed by atoms with Crippen LogP contribution in [0.5, 0.6) is 0 Å². The molecule has 264 valence electrons. The van der Waals surface area contributed by atoms with E-state index in [9.17, 15) is 0 Å². The highest BCUT2D eigenvalue weighted by Crippen LogP contribution is 2.76. The average Bonchev–Trinajstić information content (AvgIpc) is 3.69. The van der Waals surface area contributed by atoms with Gasteiger partial charge in [0.25, 0.3) is 0 Å². The second-order valence-corrected chi connectivity index (χ2v) is 19.4. The van der Waals surface area contributed by atoms with Gasteiger partial charge >= 0.3 is 0 Å². The molecular weight excluding hydrogens is 613 g/mol. The Hall–Kier alpha value is -3.12. The average molecular weight is 673 g/mol. The number of hydrogen-bond donors (Lipinski definition) is 0. The number of benzene rings is 4. The van der Waals surface area contributed by atoms with E-state index in [1.165, 1.54) is 97.6 Å². The van der Waals surface area contributed by atoms with Gasteiger partial charge in [-0.05, 0) is 147 Å². The maximum Gasteiger partial charge on any atom is 0.0288 e. The molecule has 4 aromatic carbocycles. The molecule has 0 aromatic heterocycles. The van der Waals surface area contributed by atoms with Gasteiger partial charge in [0.2, 0.25) is 0 Å². The molecule has 10 rings (SSSR count). The minimum Gasteiger partial charge on any atom is -0.0625 e. The van der Waals surface area contributed by atoms with Crippen molar-refractivity contribution in [3.63, 3.8) is 0 Å². The highest BCUT2D eigenvalue weighted by atomic mass is 14.7. The fourth-order valence-corrected chi connectivity index (χ4v) is 14.5. The van der Waals surface area contributed by atoms with E-state index in [-0.39, 0.29) is 10.8 Å². The van der Waals surface area contributed by atoms with E-state index in [0.717, 1.165) is 41.9 Å². The SMILES string of the molecule is Cc1ccc2c(c1)C1=C(C2)c2ccc3c(c2C1(C)C)-c1cc(C)c2c(C)cc(C)cc2c1C31C(C2CCCCC2)C(C(C)C)C1C1CCCCC1. The smallest absolute Gasteiger partial charge is 0.0288 e. The molecule has 0 saturated heterocycles. The maximum absolute atomic E-state index is 2.75. The molecule has 6 aliphatic rings. The molecular formula is C51H60. The fraction of sp³-hybridized carbons (Fsp3) is 0.529. The molecule has 4 aromatic rings. The second kappa shape index (κ2) is 11.2. The highest BCUT2D eigenvalue weighted by molar-refractivity contribution is 6.11. The van der Waals surface area contributed by atoms with Crippen LogP contribution in [0.15, 0.2) is 48.5 Å². The summed E-state index contributed by atoms with van der Waals surface area (Å²) in [5, 5.41) is 3.15. The van der Waals surface area contributed by atoms with Crippen molar-refractivity contribution in [1.29, 1.82) is 0 Å². The zero-order valence-corrected chi connectivity index (χ0v) is 32.9. The summed E-state index contributed by atoms with van der Waals surface area (Å²) in [6, 6.07) is 20.5. The second-order valence-electron chi connectivity index (χ2n) is 19.4. The molecule has 0 radical (unpaired) electrons. The Bertz CT molecular complexity index is 2130. The quantitative estimate of drug-likeness (QED) is 0.203. The molecule has 3 fully saturated rings. The summed E-state index contributed by atoms with van der Waals surface area (Å²) in [6.07, 6.45) is 15.4. The molecule has 0 bridgehead atoms. The first-order valence-corrected chi connectivity index (χ1v) is 21.1. The Kier molecular flexibility index (Phi) is 7.14. The van der Waals surface area contributed by atoms with Gasteiger partial charge in [-0.1, -0.05) is 152 Å². The molecule has 3 saturated carbocycles. The third-order valence-corrected chi connectivity index (χ3v) is 15.9. The van der Waals surface area contributed by atoms with Crippen molar-refractivity contribution in [1.82, 2.24) is 0 Å². The van der Waals surface area contributed by atoms with Crippen LogP contribution in [-0.2, 0) is 17.3 Å². The summed E-state index contributed by atoms with van der Waals surface area (Å²) in [4.78, 5) is 0. The van der Waals surface area contributed by atoms with Crippen molar-refractivity contribution in [2.45, 2.75) is 137 Å². The molecule has 0 aliphatic heterocycles. The van der Waals surface area contributed by atoms with E-state index < -0.39 is 0 Å². The molecule has 1 spiro atoms. The first-order chi connectivity index (χ1) is 24.5. The van der Waals surface area contributed by atoms with E-state index in [2.05, 4.69) is 104 Å². The zero-order chi connectivity index (χ0) is 35.1. The van der Waals surface area contributed by atoms with Gasteiger partial charge in [0.1, 0.15) is 0 Å². The molecule has 2 atom stereocenters. The van der Waals surface area contributed by atoms with Gasteiger partial charge < -0.3 is 0 Å². The molecule has 2 unspecified atom stereocenters. The summed E-state index contributed by atoms with van der Waals surface area (Å²) >= 11 is 0. The Morgan fingerprint density at radius 1 is 0.627 bits per heavy atom. The lowest BCUT2D eigenvalue weighted by Gasteiger charge is -2.68. The summed E-state index contributed by atoms with van der Waals surface area (Å²) in [7, 11) is 0. The third-order valence-electron chi connectivity index (χ3n) is 15.9. The molecule has 0 heteroatoms. The first kappa shape index (κ1) is 32.5. The van der Waals surface area contributed by atoms with E-state index in [0.29, 0.717) is 0 Å². The van der Waals surface area contributed by atoms with Crippen LogP contribution in [0.3, 0.4) is 0 Å². The minimum atomic E-state index is -0.0366. The number of aryl methyl sites for hydroxylation is 4. The molecule has 0 heterocycles. The highest BCUT2D eigenvalue weighted by Gasteiger charge is 2.70. The number of allylic oxidation sites excluding steroid dienone is 2. The lowest BCUT2D eigenvalue weighted by atomic mass is 9.35. The van der Waals surface area contributed by atoms with Crippen LogP contribution in [0.1, 0.15) is 148 Å². The van der Waals surface area contributed by atoms with Gasteiger partial charge in [-0.2, -0.15) is 0 Å². The van der Waals surface area contributed by atoms with Crippen LogP contribution in [0.4, 0.5) is 0 Å². The van der Waals surface area contributed by atoms with Crippen LogP contribution < -0.4 is 0 Å². The number of fused-ring (bicyclic) bond motifs is 12. The topological polar surface area (TPSA) is 0 Å². The Morgan fingerprint density at radius 3 is 1.92 bits per heavy atom. The van der Waals surface area contributed by atoms with Gasteiger partial charge in [0, 0.05) is 10.8 Å². The molecule has 6 aliphatic carbocycles. The molecule has 51 heavy (non-hydrogen) atoms. The van der Waals surface area contributed by atoms with Gasteiger partial charge in [-0.25, -0.2) is 0 Å². The predicted octanol–water partition coefficient (Wildman–Crippen LogP) is 13.8. The van der Waals surface area contributed by atoms with E-state index in [1.54, 1.807) is 55.3 Å². The van der Waals surface area contributed by atoms with E-state index >= 15 is 0 Å². The monoisotopic (exact) mass is 672 g/mol. The van der Waals surface area contributed by atoms with Gasteiger partial charge in [-0.15, -0.1) is 0 Å². The Morgan fingerprint density at radius 2 is 1.27 bits per heavy atom. The fourth-order valence-electron chi connectivity index (χ4n) is 14.5. The molecule has 0 amide bonds. The lowest BCUT2D eigenvalue weighted by Crippen LogP contribution is -2.66. The van der Waals surface area contributed by atoms with Crippen molar-refractivity contribution in [2.24, 2.45) is 35.5 Å².